The molecule has 0 saturated heterocycles. The van der Waals surface area contributed by atoms with Gasteiger partial charge in [-0.15, -0.1) is 0 Å². The summed E-state index contributed by atoms with van der Waals surface area (Å²) < 4.78 is 15.9. The van der Waals surface area contributed by atoms with Gasteiger partial charge in [-0.05, 0) is 80.1 Å². The first kappa shape index (κ1) is 34.0. The molecule has 2 aromatic heterocycles. The van der Waals surface area contributed by atoms with Crippen LogP contribution in [-0.4, -0.2) is 49.0 Å². The predicted molar refractivity (Wildman–Crippen MR) is 182 cm³/mol. The van der Waals surface area contributed by atoms with Crippen molar-refractivity contribution in [2.24, 2.45) is 0 Å². The van der Waals surface area contributed by atoms with E-state index < -0.39 is 40.3 Å². The fourth-order valence-corrected chi connectivity index (χ4v) is 6.95. The van der Waals surface area contributed by atoms with Crippen LogP contribution in [0, 0.1) is 17.1 Å². The number of carboxylic acid groups (broad SMARTS) is 1. The molecule has 0 bridgehead atoms. The second-order valence-corrected chi connectivity index (χ2v) is 14.0. The van der Waals surface area contributed by atoms with Crippen molar-refractivity contribution in [1.82, 2.24) is 30.5 Å². The maximum Gasteiger partial charge on any atom is 0.404 e. The molecule has 51 heavy (non-hydrogen) atoms. The summed E-state index contributed by atoms with van der Waals surface area (Å²) in [6.07, 6.45) is 3.77. The molecule has 4 amide bonds. The van der Waals surface area contributed by atoms with Crippen molar-refractivity contribution in [3.05, 3.63) is 105 Å². The highest BCUT2D eigenvalue weighted by Gasteiger charge is 2.57. The van der Waals surface area contributed by atoms with Crippen LogP contribution in [0.15, 0.2) is 60.9 Å². The molecule has 1 aliphatic heterocycles. The Morgan fingerprint density at radius 2 is 1.69 bits per heavy atom. The van der Waals surface area contributed by atoms with E-state index in [-0.39, 0.29) is 46.2 Å². The maximum absolute atomic E-state index is 14.4. The quantitative estimate of drug-likeness (QED) is 0.163. The number of nitriles is 1. The third-order valence-electron chi connectivity index (χ3n) is 9.59. The van der Waals surface area contributed by atoms with Crippen LogP contribution < -0.4 is 20.9 Å². The number of rotatable bonds is 10. The molecule has 0 spiro atoms. The number of carbonyl (C=O) groups excluding carboxylic acids is 3. The summed E-state index contributed by atoms with van der Waals surface area (Å²) >= 11 is 12.2. The molecule has 0 unspecified atom stereocenters. The topological polar surface area (TPSA) is 182 Å². The fraction of sp³-hybridized carbons (Fsp3) is 0.286. The summed E-state index contributed by atoms with van der Waals surface area (Å²) in [5, 5.41) is 25.9. The molecule has 4 N–H and O–H groups in total. The number of nitrogens with one attached hydrogen (secondary N) is 3. The summed E-state index contributed by atoms with van der Waals surface area (Å²) in [7, 11) is 0. The van der Waals surface area contributed by atoms with Crippen molar-refractivity contribution >= 4 is 58.7 Å². The number of benzene rings is 2. The Morgan fingerprint density at radius 1 is 1.00 bits per heavy atom. The largest absolute Gasteiger partial charge is 0.465 e. The molecule has 260 valence electrons. The Balaban J connectivity index is 1.18. The lowest BCUT2D eigenvalue weighted by molar-refractivity contribution is -0.125. The maximum atomic E-state index is 14.4. The highest BCUT2D eigenvalue weighted by atomic mass is 35.5. The third kappa shape index (κ3) is 6.02. The summed E-state index contributed by atoms with van der Waals surface area (Å²) in [4.78, 5) is 63.3. The number of hydrogen-bond donors (Lipinski definition) is 4. The average molecular weight is 732 g/mol. The smallest absolute Gasteiger partial charge is 0.404 e. The first-order chi connectivity index (χ1) is 24.3. The minimum atomic E-state index is -1.44. The van der Waals surface area contributed by atoms with Gasteiger partial charge in [0.05, 0.1) is 44.8 Å². The molecule has 16 heteroatoms. The molecule has 7 rings (SSSR count). The zero-order valence-corrected chi connectivity index (χ0v) is 28.5. The molecule has 0 radical (unpaired) electrons. The fourth-order valence-electron chi connectivity index (χ4n) is 6.47. The number of amides is 4. The number of anilines is 2. The molecular formula is C35H29Cl2FN8O5. The number of nitrogens with zero attached hydrogens (tertiary/aromatic N) is 5. The normalized spacial score (nSPS) is 19.1. The van der Waals surface area contributed by atoms with E-state index in [0.29, 0.717) is 48.1 Å². The Bertz CT molecular complexity index is 2150. The molecule has 2 saturated carbocycles. The van der Waals surface area contributed by atoms with Gasteiger partial charge in [0.25, 0.3) is 11.8 Å². The van der Waals surface area contributed by atoms with E-state index in [9.17, 15) is 28.8 Å². The summed E-state index contributed by atoms with van der Waals surface area (Å²) in [5.74, 6) is -2.31. The van der Waals surface area contributed by atoms with Crippen LogP contribution in [0.25, 0.3) is 0 Å². The van der Waals surface area contributed by atoms with Crippen LogP contribution in [0.4, 0.5) is 20.8 Å². The standard InChI is InChI=1S/C35H29Cl2FN8O5/c1-33(15-19-2-4-20(16-39)5-3-19)30(49)45(22-13-23(36)27(38)24(37)14-22)31-41-18-25(46(31)33)28(47)43-35(9-10-35)29(48)44-34(7-8-34)26-12-21(6-11-40-26)17-42-32(50)51/h2-6,11-14,18,42H,7-10,15,17H2,1H3,(H,43,47)(H,44,48)(H,50,51)/t33-/m1/s1. The van der Waals surface area contributed by atoms with Gasteiger partial charge in [-0.3, -0.25) is 23.9 Å². The van der Waals surface area contributed by atoms with E-state index >= 15 is 0 Å². The lowest BCUT2D eigenvalue weighted by atomic mass is 9.91. The van der Waals surface area contributed by atoms with Crippen LogP contribution >= 0.6 is 23.2 Å². The van der Waals surface area contributed by atoms with Crippen LogP contribution in [0.5, 0.6) is 0 Å². The number of hydrogen-bond acceptors (Lipinski definition) is 7. The molecule has 3 aliphatic rings. The molecule has 2 fully saturated rings. The van der Waals surface area contributed by atoms with Gasteiger partial charge in [-0.25, -0.2) is 19.1 Å². The molecule has 2 aliphatic carbocycles. The van der Waals surface area contributed by atoms with E-state index in [4.69, 9.17) is 28.3 Å². The second-order valence-electron chi connectivity index (χ2n) is 13.2. The Labute approximate surface area is 300 Å². The van der Waals surface area contributed by atoms with Gasteiger partial charge in [-0.1, -0.05) is 35.3 Å². The number of fused-ring (bicyclic) bond motifs is 1. The molecule has 13 nitrogen and oxygen atoms in total. The van der Waals surface area contributed by atoms with Crippen molar-refractivity contribution in [1.29, 1.82) is 5.26 Å². The SMILES string of the molecule is C[C@@]1(Cc2ccc(C#N)cc2)C(=O)N(c2cc(Cl)c(F)c(Cl)c2)c2ncc(C(=O)NC3(C(=O)NC4(c5cc(CNC(=O)O)ccn5)CC4)CC3)n21. The van der Waals surface area contributed by atoms with Crippen molar-refractivity contribution in [3.8, 4) is 6.07 Å². The number of pyridine rings is 1. The molecule has 4 aromatic rings. The zero-order valence-electron chi connectivity index (χ0n) is 27.0. The van der Waals surface area contributed by atoms with E-state index in [2.05, 4.69) is 32.0 Å². The number of halogens is 3. The monoisotopic (exact) mass is 730 g/mol. The van der Waals surface area contributed by atoms with Gasteiger partial charge in [0, 0.05) is 19.2 Å². The number of imidazole rings is 1. The van der Waals surface area contributed by atoms with Crippen LogP contribution in [-0.2, 0) is 33.6 Å². The second kappa shape index (κ2) is 12.4. The van der Waals surface area contributed by atoms with E-state index in [1.54, 1.807) is 49.5 Å². The molecule has 3 heterocycles. The number of carbonyl (C=O) groups is 4. The third-order valence-corrected chi connectivity index (χ3v) is 10.1. The van der Waals surface area contributed by atoms with Gasteiger partial charge in [0.1, 0.15) is 16.8 Å². The minimum Gasteiger partial charge on any atom is -0.465 e. The van der Waals surface area contributed by atoms with Crippen molar-refractivity contribution in [3.63, 3.8) is 0 Å². The van der Waals surface area contributed by atoms with E-state index in [1.165, 1.54) is 27.8 Å². The first-order valence-electron chi connectivity index (χ1n) is 15.9. The van der Waals surface area contributed by atoms with E-state index in [0.717, 1.165) is 0 Å². The highest BCUT2D eigenvalue weighted by molar-refractivity contribution is 6.35. The first-order valence-corrected chi connectivity index (χ1v) is 16.7. The molecular weight excluding hydrogens is 702 g/mol. The van der Waals surface area contributed by atoms with Crippen molar-refractivity contribution in [2.75, 3.05) is 4.90 Å². The minimum absolute atomic E-state index is 0.0109. The van der Waals surface area contributed by atoms with Crippen LogP contribution in [0.1, 0.15) is 65.5 Å². The summed E-state index contributed by atoms with van der Waals surface area (Å²) in [6, 6.07) is 14.7. The van der Waals surface area contributed by atoms with E-state index in [1.807, 2.05) is 0 Å². The lowest BCUT2D eigenvalue weighted by Crippen LogP contribution is -2.52. The average Bonchev–Trinajstić information content (AvgIpc) is 4.01. The van der Waals surface area contributed by atoms with Gasteiger partial charge < -0.3 is 21.1 Å². The Hall–Kier alpha value is -5.52. The van der Waals surface area contributed by atoms with Gasteiger partial charge in [-0.2, -0.15) is 5.26 Å². The van der Waals surface area contributed by atoms with Gasteiger partial charge in [0.15, 0.2) is 5.82 Å². The van der Waals surface area contributed by atoms with Gasteiger partial charge in [0.2, 0.25) is 11.9 Å². The Morgan fingerprint density at radius 3 is 2.29 bits per heavy atom. The highest BCUT2D eigenvalue weighted by Crippen LogP contribution is 2.48. The molecule has 1 atom stereocenters. The van der Waals surface area contributed by atoms with Crippen molar-refractivity contribution < 1.29 is 28.7 Å². The van der Waals surface area contributed by atoms with Crippen LogP contribution in [0.2, 0.25) is 10.0 Å². The zero-order chi connectivity index (χ0) is 36.3. The van der Waals surface area contributed by atoms with Crippen molar-refractivity contribution in [2.45, 2.75) is 62.2 Å². The summed E-state index contributed by atoms with van der Waals surface area (Å²) in [5.41, 5.74) is -0.857. The van der Waals surface area contributed by atoms with Gasteiger partial charge >= 0.3 is 6.09 Å². The lowest BCUT2D eigenvalue weighted by Gasteiger charge is -2.27. The number of aromatic nitrogens is 3. The summed E-state index contributed by atoms with van der Waals surface area (Å²) in [6.45, 7) is 1.72. The van der Waals surface area contributed by atoms with Crippen LogP contribution in [0.3, 0.4) is 0 Å². The molecule has 2 aromatic carbocycles. The predicted octanol–water partition coefficient (Wildman–Crippen LogP) is 5.07. The Kier molecular flexibility index (Phi) is 8.23.